The van der Waals surface area contributed by atoms with Crippen LogP contribution < -0.4 is 5.32 Å². The van der Waals surface area contributed by atoms with Gasteiger partial charge in [0.2, 0.25) is 0 Å². The van der Waals surface area contributed by atoms with Crippen molar-refractivity contribution in [3.8, 4) is 5.75 Å². The van der Waals surface area contributed by atoms with Crippen molar-refractivity contribution in [2.24, 2.45) is 0 Å². The summed E-state index contributed by atoms with van der Waals surface area (Å²) in [7, 11) is -1.06. The molecule has 0 aliphatic heterocycles. The number of methoxy groups -OCH3 is 1. The summed E-state index contributed by atoms with van der Waals surface area (Å²) in [6.07, 6.45) is 1.59. The van der Waals surface area contributed by atoms with Crippen LogP contribution in [-0.4, -0.2) is 54.0 Å². The third kappa shape index (κ3) is 6.56. The topological polar surface area (TPSA) is 115 Å². The van der Waals surface area contributed by atoms with Crippen LogP contribution in [-0.2, 0) is 17.8 Å². The first kappa shape index (κ1) is 27.9. The molecule has 0 unspecified atom stereocenters. The van der Waals surface area contributed by atoms with Crippen LogP contribution in [0.2, 0.25) is 18.1 Å². The molecule has 2 aromatic carbocycles. The van der Waals surface area contributed by atoms with E-state index in [0.29, 0.717) is 17.8 Å². The number of phenols is 1. The third-order valence-corrected chi connectivity index (χ3v) is 11.0. The van der Waals surface area contributed by atoms with Gasteiger partial charge in [0.25, 0.3) is 0 Å². The maximum Gasteiger partial charge on any atom is 0.354 e. The number of aromatic amines is 1. The number of aromatic hydroxyl groups is 1. The number of rotatable bonds is 11. The van der Waals surface area contributed by atoms with Gasteiger partial charge in [-0.25, -0.2) is 4.79 Å². The van der Waals surface area contributed by atoms with Crippen LogP contribution in [0.1, 0.15) is 60.3 Å². The molecule has 8 heteroatoms. The van der Waals surface area contributed by atoms with Gasteiger partial charge in [-0.15, -0.1) is 0 Å². The molecule has 2 atom stereocenters. The second-order valence-electron chi connectivity index (χ2n) is 11.0. The highest BCUT2D eigenvalue weighted by atomic mass is 28.4. The summed E-state index contributed by atoms with van der Waals surface area (Å²) in [6.45, 7) is 10.8. The number of carbonyl (C=O) groups is 1. The number of ether oxygens (including phenoxy) is 1. The Morgan fingerprint density at radius 2 is 1.89 bits per heavy atom. The van der Waals surface area contributed by atoms with Crippen LogP contribution in [0.4, 0.5) is 0 Å². The van der Waals surface area contributed by atoms with E-state index in [9.17, 15) is 19.8 Å². The molecular weight excluding hydrogens is 472 g/mol. The highest BCUT2D eigenvalue weighted by Crippen LogP contribution is 2.44. The fraction of sp³-hybridized carbons (Fsp3) is 0.464. The fourth-order valence-corrected chi connectivity index (χ4v) is 5.20. The summed E-state index contributed by atoms with van der Waals surface area (Å²) in [5, 5.41) is 24.1. The molecule has 3 rings (SSSR count). The van der Waals surface area contributed by atoms with Crippen LogP contribution >= 0.6 is 0 Å². The van der Waals surface area contributed by atoms with E-state index in [-0.39, 0.29) is 35.3 Å². The van der Waals surface area contributed by atoms with Gasteiger partial charge in [0.05, 0.1) is 13.7 Å². The monoisotopic (exact) mass is 512 g/mol. The number of aromatic nitrogens is 1. The van der Waals surface area contributed by atoms with Crippen molar-refractivity contribution in [1.29, 1.82) is 0 Å². The maximum atomic E-state index is 11.8. The number of benzene rings is 2. The molecule has 0 radical (unpaired) electrons. The second kappa shape index (κ2) is 11.2. The van der Waals surface area contributed by atoms with E-state index in [1.807, 2.05) is 37.4 Å². The van der Waals surface area contributed by atoms with Gasteiger partial charge in [-0.3, -0.25) is 0 Å². The summed E-state index contributed by atoms with van der Waals surface area (Å²) in [5.74, 6) is -0.195. The number of hydrogen-bond donors (Lipinski definition) is 5. The first-order valence-corrected chi connectivity index (χ1v) is 15.4. The molecule has 3 aromatic rings. The molecule has 36 heavy (non-hydrogen) atoms. The zero-order valence-electron chi connectivity index (χ0n) is 22.2. The predicted octanol–water partition coefficient (Wildman–Crippen LogP) is 4.82. The Balaban J connectivity index is 1.75. The smallest absolute Gasteiger partial charge is 0.354 e. The van der Waals surface area contributed by atoms with Crippen molar-refractivity contribution < 1.29 is 24.5 Å². The van der Waals surface area contributed by atoms with Gasteiger partial charge in [-0.1, -0.05) is 26.0 Å². The van der Waals surface area contributed by atoms with Crippen molar-refractivity contribution in [3.63, 3.8) is 0 Å². The zero-order chi connectivity index (χ0) is 26.7. The van der Waals surface area contributed by atoms with Crippen LogP contribution in [0.3, 0.4) is 0 Å². The minimum Gasteiger partial charge on any atom is -0.508 e. The number of H-pyrrole nitrogens is 1. The van der Waals surface area contributed by atoms with E-state index in [4.69, 9.17) is 4.74 Å². The molecule has 1 heterocycles. The molecule has 0 spiro atoms. The third-order valence-electron chi connectivity index (χ3n) is 7.50. The number of aliphatic hydroxyl groups is 1. The molecule has 0 amide bonds. The summed E-state index contributed by atoms with van der Waals surface area (Å²) < 4.78 is 4.81. The maximum absolute atomic E-state index is 11.8. The summed E-state index contributed by atoms with van der Waals surface area (Å²) in [5.41, 5.74) is 4.03. The Morgan fingerprint density at radius 1 is 1.17 bits per heavy atom. The van der Waals surface area contributed by atoms with E-state index in [1.165, 1.54) is 7.11 Å². The molecule has 0 aliphatic carbocycles. The molecule has 5 N–H and O–H groups in total. The van der Waals surface area contributed by atoms with Crippen molar-refractivity contribution in [3.05, 3.63) is 64.8 Å². The minimum atomic E-state index is -2.43. The van der Waals surface area contributed by atoms with E-state index >= 15 is 0 Å². The normalized spacial score (nSPS) is 14.1. The van der Waals surface area contributed by atoms with E-state index in [2.05, 4.69) is 43.2 Å². The Labute approximate surface area is 214 Å². The van der Waals surface area contributed by atoms with Gasteiger partial charge in [0.1, 0.15) is 11.4 Å². The van der Waals surface area contributed by atoms with Crippen LogP contribution in [0.25, 0.3) is 10.9 Å². The van der Waals surface area contributed by atoms with Crippen molar-refractivity contribution >= 4 is 25.2 Å². The molecular formula is C28H40N2O5Si. The van der Waals surface area contributed by atoms with Gasteiger partial charge < -0.3 is 30.0 Å². The Morgan fingerprint density at radius 3 is 2.53 bits per heavy atom. The van der Waals surface area contributed by atoms with Crippen molar-refractivity contribution in [1.82, 2.24) is 10.3 Å². The van der Waals surface area contributed by atoms with Crippen LogP contribution in [0, 0.1) is 0 Å². The molecule has 1 aromatic heterocycles. The lowest BCUT2D eigenvalue weighted by Gasteiger charge is -2.38. The predicted molar refractivity (Wildman–Crippen MR) is 146 cm³/mol. The van der Waals surface area contributed by atoms with Crippen molar-refractivity contribution in [2.75, 3.05) is 13.7 Å². The number of aliphatic hydroxyl groups excluding tert-OH is 1. The van der Waals surface area contributed by atoms with Crippen molar-refractivity contribution in [2.45, 2.75) is 70.3 Å². The lowest BCUT2D eigenvalue weighted by atomic mass is 9.88. The van der Waals surface area contributed by atoms with Gasteiger partial charge in [-0.2, -0.15) is 0 Å². The lowest BCUT2D eigenvalue weighted by molar-refractivity contribution is 0.0595. The van der Waals surface area contributed by atoms with Gasteiger partial charge >= 0.3 is 5.97 Å². The number of hydrogen-bond acceptors (Lipinski definition) is 6. The second-order valence-corrected chi connectivity index (χ2v) is 15.5. The molecule has 7 nitrogen and oxygen atoms in total. The van der Waals surface area contributed by atoms with Gasteiger partial charge in [0, 0.05) is 29.1 Å². The quantitative estimate of drug-likeness (QED) is 0.186. The summed E-state index contributed by atoms with van der Waals surface area (Å²) in [4.78, 5) is 25.8. The molecule has 0 saturated heterocycles. The first-order valence-electron chi connectivity index (χ1n) is 12.4. The minimum absolute atomic E-state index is 0.0907. The average Bonchev–Trinajstić information content (AvgIpc) is 3.24. The standard InChI is InChI=1S/C28H40N2O5Si/c1-18(11-19-7-9-24-21(12-19)14-25(30-24)27(33)35-4)29-16-23(15-28(2,3)36(5,6)34)20-8-10-26(32)22(13-20)17-31/h7-10,12-14,18,23,29-32,34H,11,15-17H2,1-6H3/t18-,23+/m1/s1. The van der Waals surface area contributed by atoms with Gasteiger partial charge in [0.15, 0.2) is 8.32 Å². The molecule has 0 aliphatic rings. The van der Waals surface area contributed by atoms with E-state index < -0.39 is 8.32 Å². The lowest BCUT2D eigenvalue weighted by Crippen LogP contribution is -2.41. The number of nitrogens with one attached hydrogen (secondary N) is 2. The molecule has 196 valence electrons. The average molecular weight is 513 g/mol. The Bertz CT molecular complexity index is 1200. The fourth-order valence-electron chi connectivity index (χ4n) is 4.46. The zero-order valence-corrected chi connectivity index (χ0v) is 23.2. The Kier molecular flexibility index (Phi) is 8.66. The SMILES string of the molecule is COC(=O)c1cc2cc(C[C@@H](C)NC[C@H](CC(C)(C)[Si](C)(C)O)c3ccc(O)c(CO)c3)ccc2[nH]1. The Hall–Kier alpha value is -2.65. The van der Waals surface area contributed by atoms with Crippen LogP contribution in [0.5, 0.6) is 5.75 Å². The summed E-state index contributed by atoms with van der Waals surface area (Å²) >= 11 is 0. The number of fused-ring (bicyclic) bond motifs is 1. The molecule has 0 saturated carbocycles. The van der Waals surface area contributed by atoms with Gasteiger partial charge in [-0.05, 0) is 85.3 Å². The van der Waals surface area contributed by atoms with E-state index in [1.54, 1.807) is 6.07 Å². The van der Waals surface area contributed by atoms with Crippen LogP contribution in [0.15, 0.2) is 42.5 Å². The largest absolute Gasteiger partial charge is 0.508 e. The highest BCUT2D eigenvalue weighted by molar-refractivity contribution is 6.72. The number of carbonyl (C=O) groups excluding carboxylic acids is 1. The highest BCUT2D eigenvalue weighted by Gasteiger charge is 2.40. The van der Waals surface area contributed by atoms with E-state index in [0.717, 1.165) is 34.9 Å². The molecule has 0 bridgehead atoms. The molecule has 0 fully saturated rings. The summed E-state index contributed by atoms with van der Waals surface area (Å²) in [6, 6.07) is 13.5. The first-order chi connectivity index (χ1) is 16.8. The number of esters is 1.